The number of carboxylic acids is 1. The highest BCUT2D eigenvalue weighted by atomic mass is 16.5. The summed E-state index contributed by atoms with van der Waals surface area (Å²) < 4.78 is 12.5. The van der Waals surface area contributed by atoms with Crippen LogP contribution in [0.15, 0.2) is 42.7 Å². The summed E-state index contributed by atoms with van der Waals surface area (Å²) in [6.45, 7) is 2.88. The van der Waals surface area contributed by atoms with Gasteiger partial charge in [0.25, 0.3) is 5.91 Å². The Hall–Kier alpha value is -2.96. The normalized spacial score (nSPS) is 10.2. The van der Waals surface area contributed by atoms with Crippen molar-refractivity contribution in [1.82, 2.24) is 9.88 Å². The number of carbonyl (C=O) groups is 2. The van der Waals surface area contributed by atoms with E-state index in [1.807, 2.05) is 29.1 Å². The van der Waals surface area contributed by atoms with Crippen molar-refractivity contribution in [3.8, 4) is 11.5 Å². The van der Waals surface area contributed by atoms with Crippen LogP contribution in [0.2, 0.25) is 0 Å². The van der Waals surface area contributed by atoms with Crippen molar-refractivity contribution in [2.45, 2.75) is 13.5 Å². The molecule has 0 bridgehead atoms. The third kappa shape index (κ3) is 5.05. The smallest absolute Gasteiger partial charge is 0.341 e. The van der Waals surface area contributed by atoms with Gasteiger partial charge >= 0.3 is 5.97 Å². The molecule has 0 spiro atoms. The average molecular weight is 332 g/mol. The van der Waals surface area contributed by atoms with Crippen molar-refractivity contribution >= 4 is 11.9 Å². The first-order valence-corrected chi connectivity index (χ1v) is 7.60. The molecule has 1 aromatic heterocycles. The van der Waals surface area contributed by atoms with Crippen LogP contribution in [0.1, 0.15) is 17.3 Å². The molecule has 1 amide bonds. The second-order valence-corrected chi connectivity index (χ2v) is 4.95. The van der Waals surface area contributed by atoms with Gasteiger partial charge in [0.1, 0.15) is 0 Å². The van der Waals surface area contributed by atoms with Gasteiger partial charge in [0, 0.05) is 31.0 Å². The van der Waals surface area contributed by atoms with Gasteiger partial charge in [-0.25, -0.2) is 4.79 Å². The molecule has 0 aliphatic heterocycles. The zero-order chi connectivity index (χ0) is 17.4. The fourth-order valence-corrected chi connectivity index (χ4v) is 2.10. The summed E-state index contributed by atoms with van der Waals surface area (Å²) in [4.78, 5) is 22.8. The largest absolute Gasteiger partial charge is 0.490 e. The molecule has 0 saturated carbocycles. The second-order valence-electron chi connectivity index (χ2n) is 4.95. The van der Waals surface area contributed by atoms with Gasteiger partial charge in [0.2, 0.25) is 0 Å². The number of carboxylic acid groups (broad SMARTS) is 1. The molecule has 7 nitrogen and oxygen atoms in total. The Labute approximate surface area is 139 Å². The van der Waals surface area contributed by atoms with E-state index in [-0.39, 0.29) is 5.91 Å². The summed E-state index contributed by atoms with van der Waals surface area (Å²) in [5, 5.41) is 11.5. The number of benzene rings is 1. The summed E-state index contributed by atoms with van der Waals surface area (Å²) in [5.74, 6) is -0.669. The van der Waals surface area contributed by atoms with E-state index < -0.39 is 12.6 Å². The molecule has 0 radical (unpaired) electrons. The molecule has 0 atom stereocenters. The minimum atomic E-state index is -1.08. The number of rotatable bonds is 9. The first-order chi connectivity index (χ1) is 11.6. The van der Waals surface area contributed by atoms with Crippen LogP contribution < -0.4 is 14.8 Å². The summed E-state index contributed by atoms with van der Waals surface area (Å²) in [5.41, 5.74) is 0.425. The Morgan fingerprint density at radius 2 is 1.92 bits per heavy atom. The SMILES string of the molecule is CCOc1cc(C(=O)NCCn2cccc2)ccc1OCC(=O)O. The summed E-state index contributed by atoms with van der Waals surface area (Å²) in [6, 6.07) is 8.50. The summed E-state index contributed by atoms with van der Waals surface area (Å²) in [7, 11) is 0. The number of carbonyl (C=O) groups excluding carboxylic acids is 1. The van der Waals surface area contributed by atoms with Crippen LogP contribution >= 0.6 is 0 Å². The standard InChI is InChI=1S/C17H20N2O5/c1-2-23-15-11-13(5-6-14(15)24-12-16(20)21)17(22)18-7-10-19-8-3-4-9-19/h3-6,8-9,11H,2,7,10,12H2,1H3,(H,18,22)(H,20,21). The van der Waals surface area contributed by atoms with E-state index in [9.17, 15) is 9.59 Å². The van der Waals surface area contributed by atoms with E-state index in [1.54, 1.807) is 19.1 Å². The minimum Gasteiger partial charge on any atom is -0.490 e. The maximum atomic E-state index is 12.2. The molecule has 1 aromatic carbocycles. The molecule has 2 rings (SSSR count). The van der Waals surface area contributed by atoms with E-state index in [0.29, 0.717) is 36.8 Å². The predicted molar refractivity (Wildman–Crippen MR) is 87.5 cm³/mol. The van der Waals surface area contributed by atoms with Gasteiger partial charge in [-0.2, -0.15) is 0 Å². The molecular weight excluding hydrogens is 312 g/mol. The summed E-state index contributed by atoms with van der Waals surface area (Å²) in [6.07, 6.45) is 3.85. The molecule has 0 saturated heterocycles. The van der Waals surface area contributed by atoms with Gasteiger partial charge in [-0.3, -0.25) is 4.79 Å². The highest BCUT2D eigenvalue weighted by Gasteiger charge is 2.12. The zero-order valence-electron chi connectivity index (χ0n) is 13.4. The lowest BCUT2D eigenvalue weighted by molar-refractivity contribution is -0.139. The van der Waals surface area contributed by atoms with Crippen LogP contribution in [0.25, 0.3) is 0 Å². The van der Waals surface area contributed by atoms with Crippen LogP contribution in [0.4, 0.5) is 0 Å². The molecule has 0 fully saturated rings. The van der Waals surface area contributed by atoms with E-state index in [2.05, 4.69) is 5.32 Å². The van der Waals surface area contributed by atoms with Crippen molar-refractivity contribution in [3.63, 3.8) is 0 Å². The number of aliphatic carboxylic acids is 1. The van der Waals surface area contributed by atoms with E-state index >= 15 is 0 Å². The third-order valence-electron chi connectivity index (χ3n) is 3.18. The Morgan fingerprint density at radius 1 is 1.17 bits per heavy atom. The van der Waals surface area contributed by atoms with E-state index in [4.69, 9.17) is 14.6 Å². The average Bonchev–Trinajstić information content (AvgIpc) is 3.07. The highest BCUT2D eigenvalue weighted by Crippen LogP contribution is 2.28. The number of amides is 1. The number of hydrogen-bond donors (Lipinski definition) is 2. The van der Waals surface area contributed by atoms with Crippen LogP contribution in [-0.4, -0.2) is 41.3 Å². The monoisotopic (exact) mass is 332 g/mol. The van der Waals surface area contributed by atoms with Crippen molar-refractivity contribution in [2.75, 3.05) is 19.8 Å². The topological polar surface area (TPSA) is 89.8 Å². The highest BCUT2D eigenvalue weighted by molar-refractivity contribution is 5.94. The summed E-state index contributed by atoms with van der Waals surface area (Å²) >= 11 is 0. The van der Waals surface area contributed by atoms with Crippen molar-refractivity contribution in [2.24, 2.45) is 0 Å². The van der Waals surface area contributed by atoms with Gasteiger partial charge in [0.05, 0.1) is 6.61 Å². The Balaban J connectivity index is 1.99. The fraction of sp³-hybridized carbons (Fsp3) is 0.294. The Morgan fingerprint density at radius 3 is 2.58 bits per heavy atom. The van der Waals surface area contributed by atoms with Crippen molar-refractivity contribution in [1.29, 1.82) is 0 Å². The number of nitrogens with zero attached hydrogens (tertiary/aromatic N) is 1. The maximum Gasteiger partial charge on any atom is 0.341 e. The van der Waals surface area contributed by atoms with Crippen LogP contribution in [-0.2, 0) is 11.3 Å². The fourth-order valence-electron chi connectivity index (χ4n) is 2.10. The molecule has 0 aliphatic carbocycles. The van der Waals surface area contributed by atoms with Crippen LogP contribution in [0, 0.1) is 0 Å². The lowest BCUT2D eigenvalue weighted by Crippen LogP contribution is -2.27. The molecular formula is C17H20N2O5. The van der Waals surface area contributed by atoms with Gasteiger partial charge in [0.15, 0.2) is 18.1 Å². The maximum absolute atomic E-state index is 12.2. The lowest BCUT2D eigenvalue weighted by Gasteiger charge is -2.12. The number of aromatic nitrogens is 1. The number of hydrogen-bond acceptors (Lipinski definition) is 4. The molecule has 24 heavy (non-hydrogen) atoms. The van der Waals surface area contributed by atoms with E-state index in [0.717, 1.165) is 0 Å². The predicted octanol–water partition coefficient (Wildman–Crippen LogP) is 1.78. The number of ether oxygens (including phenoxy) is 2. The van der Waals surface area contributed by atoms with Crippen LogP contribution in [0.5, 0.6) is 11.5 Å². The van der Waals surface area contributed by atoms with Gasteiger partial charge in [-0.1, -0.05) is 0 Å². The molecule has 128 valence electrons. The lowest BCUT2D eigenvalue weighted by atomic mass is 10.2. The Kier molecular flexibility index (Phi) is 6.24. The molecule has 7 heteroatoms. The van der Waals surface area contributed by atoms with Crippen molar-refractivity contribution < 1.29 is 24.2 Å². The van der Waals surface area contributed by atoms with E-state index in [1.165, 1.54) is 6.07 Å². The minimum absolute atomic E-state index is 0.229. The van der Waals surface area contributed by atoms with Gasteiger partial charge < -0.3 is 24.5 Å². The molecule has 0 aliphatic rings. The third-order valence-corrected chi connectivity index (χ3v) is 3.18. The first-order valence-electron chi connectivity index (χ1n) is 7.60. The van der Waals surface area contributed by atoms with Crippen LogP contribution in [0.3, 0.4) is 0 Å². The van der Waals surface area contributed by atoms with Crippen molar-refractivity contribution in [3.05, 3.63) is 48.3 Å². The molecule has 2 N–H and O–H groups in total. The zero-order valence-corrected chi connectivity index (χ0v) is 13.4. The van der Waals surface area contributed by atoms with Gasteiger partial charge in [-0.05, 0) is 37.3 Å². The molecule has 1 heterocycles. The second kappa shape index (κ2) is 8.61. The Bertz CT molecular complexity index is 682. The molecule has 0 unspecified atom stereocenters. The molecule has 2 aromatic rings. The quantitative estimate of drug-likeness (QED) is 0.730. The first kappa shape index (κ1) is 17.4. The van der Waals surface area contributed by atoms with Gasteiger partial charge in [-0.15, -0.1) is 0 Å². The number of nitrogens with one attached hydrogen (secondary N) is 1.